The van der Waals surface area contributed by atoms with Gasteiger partial charge in [-0.05, 0) is 42.8 Å². The van der Waals surface area contributed by atoms with Crippen LogP contribution in [0.25, 0.3) is 5.57 Å². The smallest absolute Gasteiger partial charge is 0.266 e. The normalized spacial score (nSPS) is 17.0. The van der Waals surface area contributed by atoms with Crippen molar-refractivity contribution in [1.82, 2.24) is 9.88 Å². The van der Waals surface area contributed by atoms with Gasteiger partial charge in [0.05, 0.1) is 16.6 Å². The van der Waals surface area contributed by atoms with Crippen molar-refractivity contribution >= 4 is 44.4 Å². The molecule has 0 saturated carbocycles. The van der Waals surface area contributed by atoms with E-state index in [-0.39, 0.29) is 35.1 Å². The molecular formula is C22H20ClF2N3O3S2. The minimum absolute atomic E-state index is 0.0270. The summed E-state index contributed by atoms with van der Waals surface area (Å²) in [5, 5.41) is 1.45. The first-order valence-corrected chi connectivity index (χ1v) is 12.7. The van der Waals surface area contributed by atoms with Gasteiger partial charge >= 0.3 is 0 Å². The van der Waals surface area contributed by atoms with Crippen LogP contribution in [0, 0.1) is 11.6 Å². The van der Waals surface area contributed by atoms with Gasteiger partial charge in [-0.15, -0.1) is 11.3 Å². The summed E-state index contributed by atoms with van der Waals surface area (Å²) < 4.78 is 61.2. The Morgan fingerprint density at radius 3 is 2.73 bits per heavy atom. The van der Waals surface area contributed by atoms with Crippen molar-refractivity contribution in [3.05, 3.63) is 75.6 Å². The average Bonchev–Trinajstić information content (AvgIpc) is 3.27. The third kappa shape index (κ3) is 5.35. The number of hydrogen-bond donors (Lipinski definition) is 1. The number of halogens is 3. The Bertz CT molecular complexity index is 1270. The molecule has 0 saturated heterocycles. The molecule has 1 aromatic heterocycles. The van der Waals surface area contributed by atoms with Gasteiger partial charge in [-0.1, -0.05) is 29.8 Å². The number of ether oxygens (including phenoxy) is 1. The Kier molecular flexibility index (Phi) is 6.99. The topological polar surface area (TPSA) is 71.5 Å². The highest BCUT2D eigenvalue weighted by molar-refractivity contribution is 7.92. The lowest BCUT2D eigenvalue weighted by Crippen LogP contribution is -2.40. The number of benzene rings is 2. The molecular weight excluding hydrogens is 492 g/mol. The Labute approximate surface area is 199 Å². The minimum Gasteiger partial charge on any atom is -0.490 e. The molecule has 0 fully saturated rings. The van der Waals surface area contributed by atoms with Crippen molar-refractivity contribution in [2.24, 2.45) is 0 Å². The summed E-state index contributed by atoms with van der Waals surface area (Å²) in [6.07, 6.45) is 2.90. The minimum atomic E-state index is -4.21. The molecule has 1 N–H and O–H groups in total. The SMILES string of the molecule is CN1CCC=C(c2ccc(F)cc2)C1COc1cc(F)c(S(=O)(=O)Nc2cscn2)cc1Cl. The molecule has 1 aliphatic rings. The fourth-order valence-corrected chi connectivity index (χ4v) is 5.50. The number of nitrogens with zero attached hydrogens (tertiary/aromatic N) is 2. The third-order valence-electron chi connectivity index (χ3n) is 5.26. The molecule has 0 amide bonds. The third-order valence-corrected chi connectivity index (χ3v) is 7.51. The summed E-state index contributed by atoms with van der Waals surface area (Å²) in [5.74, 6) is -1.20. The molecule has 0 radical (unpaired) electrons. The second-order valence-corrected chi connectivity index (χ2v) is 10.2. The molecule has 11 heteroatoms. The van der Waals surface area contributed by atoms with Crippen LogP contribution in [0.15, 0.2) is 58.3 Å². The molecule has 33 heavy (non-hydrogen) atoms. The Hall–Kier alpha value is -2.53. The van der Waals surface area contributed by atoms with Gasteiger partial charge in [-0.2, -0.15) is 0 Å². The van der Waals surface area contributed by atoms with E-state index in [1.54, 1.807) is 12.1 Å². The Balaban J connectivity index is 1.54. The summed E-state index contributed by atoms with van der Waals surface area (Å²) in [7, 11) is -2.28. The van der Waals surface area contributed by atoms with Crippen LogP contribution in [-0.4, -0.2) is 44.5 Å². The first-order valence-electron chi connectivity index (χ1n) is 9.93. The Morgan fingerprint density at radius 1 is 1.27 bits per heavy atom. The second-order valence-electron chi connectivity index (χ2n) is 7.45. The van der Waals surface area contributed by atoms with Crippen LogP contribution in [0.2, 0.25) is 5.02 Å². The monoisotopic (exact) mass is 511 g/mol. The van der Waals surface area contributed by atoms with Crippen molar-refractivity contribution in [1.29, 1.82) is 0 Å². The summed E-state index contributed by atoms with van der Waals surface area (Å²) in [5.41, 5.74) is 3.28. The molecule has 1 aliphatic heterocycles. The molecule has 1 unspecified atom stereocenters. The predicted octanol–water partition coefficient (Wildman–Crippen LogP) is 5.04. The number of anilines is 1. The maximum Gasteiger partial charge on any atom is 0.266 e. The van der Waals surface area contributed by atoms with Crippen LogP contribution in [0.3, 0.4) is 0 Å². The van der Waals surface area contributed by atoms with Gasteiger partial charge in [0.1, 0.15) is 28.9 Å². The number of rotatable bonds is 7. The number of aromatic nitrogens is 1. The van der Waals surface area contributed by atoms with E-state index in [0.717, 1.165) is 36.2 Å². The van der Waals surface area contributed by atoms with E-state index in [4.69, 9.17) is 16.3 Å². The lowest BCUT2D eigenvalue weighted by atomic mass is 9.94. The largest absolute Gasteiger partial charge is 0.490 e. The van der Waals surface area contributed by atoms with Gasteiger partial charge in [0.15, 0.2) is 5.82 Å². The fourth-order valence-electron chi connectivity index (χ4n) is 3.57. The van der Waals surface area contributed by atoms with Crippen molar-refractivity contribution in [3.8, 4) is 5.75 Å². The van der Waals surface area contributed by atoms with Crippen LogP contribution in [-0.2, 0) is 10.0 Å². The van der Waals surface area contributed by atoms with Crippen molar-refractivity contribution in [2.75, 3.05) is 24.9 Å². The molecule has 1 atom stereocenters. The van der Waals surface area contributed by atoms with E-state index >= 15 is 0 Å². The molecule has 2 aromatic carbocycles. The van der Waals surface area contributed by atoms with E-state index < -0.39 is 20.7 Å². The predicted molar refractivity (Wildman–Crippen MR) is 125 cm³/mol. The van der Waals surface area contributed by atoms with E-state index in [2.05, 4.69) is 20.7 Å². The molecule has 2 heterocycles. The van der Waals surface area contributed by atoms with Crippen LogP contribution >= 0.6 is 22.9 Å². The highest BCUT2D eigenvalue weighted by Crippen LogP contribution is 2.33. The van der Waals surface area contributed by atoms with Crippen LogP contribution in [0.1, 0.15) is 12.0 Å². The lowest BCUT2D eigenvalue weighted by molar-refractivity contribution is 0.193. The number of thiazole rings is 1. The first kappa shape index (κ1) is 23.6. The van der Waals surface area contributed by atoms with Gasteiger partial charge in [-0.25, -0.2) is 22.2 Å². The van der Waals surface area contributed by atoms with Gasteiger partial charge in [0.2, 0.25) is 0 Å². The summed E-state index contributed by atoms with van der Waals surface area (Å²) in [6.45, 7) is 0.933. The molecule has 0 aliphatic carbocycles. The van der Waals surface area contributed by atoms with E-state index in [9.17, 15) is 17.2 Å². The van der Waals surface area contributed by atoms with Gasteiger partial charge in [-0.3, -0.25) is 9.62 Å². The van der Waals surface area contributed by atoms with E-state index in [0.29, 0.717) is 0 Å². The zero-order chi connectivity index (χ0) is 23.6. The number of nitrogens with one attached hydrogen (secondary N) is 1. The summed E-state index contributed by atoms with van der Waals surface area (Å²) >= 11 is 7.45. The summed E-state index contributed by atoms with van der Waals surface area (Å²) in [6, 6.07) is 7.99. The average molecular weight is 512 g/mol. The van der Waals surface area contributed by atoms with Crippen molar-refractivity contribution < 1.29 is 21.9 Å². The van der Waals surface area contributed by atoms with E-state index in [1.165, 1.54) is 34.4 Å². The highest BCUT2D eigenvalue weighted by atomic mass is 35.5. The van der Waals surface area contributed by atoms with Crippen LogP contribution < -0.4 is 9.46 Å². The van der Waals surface area contributed by atoms with E-state index in [1.807, 2.05) is 7.05 Å². The molecule has 3 aromatic rings. The maximum absolute atomic E-state index is 14.7. The fraction of sp³-hybridized carbons (Fsp3) is 0.227. The first-order chi connectivity index (χ1) is 15.7. The number of sulfonamides is 1. The quantitative estimate of drug-likeness (QED) is 0.481. The molecule has 0 bridgehead atoms. The summed E-state index contributed by atoms with van der Waals surface area (Å²) in [4.78, 5) is 5.32. The number of hydrogen-bond acceptors (Lipinski definition) is 6. The number of likely N-dealkylation sites (N-methyl/N-ethyl adjacent to an activating group) is 1. The molecule has 6 nitrogen and oxygen atoms in total. The zero-order valence-electron chi connectivity index (χ0n) is 17.5. The standard InChI is InChI=1S/C22H20ClF2N3O3S2/c1-28-8-2-3-16(14-4-6-15(24)7-5-14)19(28)11-31-20-10-18(25)21(9-17(20)23)33(29,30)27-22-12-32-13-26-22/h3-7,9-10,12-13,19,27H,2,8,11H2,1H3. The molecule has 0 spiro atoms. The van der Waals surface area contributed by atoms with Crippen LogP contribution in [0.5, 0.6) is 5.75 Å². The van der Waals surface area contributed by atoms with Gasteiger partial charge < -0.3 is 4.74 Å². The lowest BCUT2D eigenvalue weighted by Gasteiger charge is -2.33. The van der Waals surface area contributed by atoms with Gasteiger partial charge in [0.25, 0.3) is 10.0 Å². The van der Waals surface area contributed by atoms with Crippen LogP contribution in [0.4, 0.5) is 14.6 Å². The van der Waals surface area contributed by atoms with Crippen molar-refractivity contribution in [2.45, 2.75) is 17.4 Å². The zero-order valence-corrected chi connectivity index (χ0v) is 19.9. The van der Waals surface area contributed by atoms with Gasteiger partial charge in [0, 0.05) is 18.0 Å². The Morgan fingerprint density at radius 2 is 2.03 bits per heavy atom. The maximum atomic E-state index is 14.7. The highest BCUT2D eigenvalue weighted by Gasteiger charge is 2.26. The molecule has 174 valence electrons. The molecule has 4 rings (SSSR count). The second kappa shape index (κ2) is 9.76. The van der Waals surface area contributed by atoms with Crippen molar-refractivity contribution in [3.63, 3.8) is 0 Å².